The minimum Gasteiger partial charge on any atom is -0.370 e. The second-order valence-corrected chi connectivity index (χ2v) is 10.8. The highest BCUT2D eigenvalue weighted by Gasteiger charge is 2.40. The fourth-order valence-corrected chi connectivity index (χ4v) is 6.44. The van der Waals surface area contributed by atoms with Crippen molar-refractivity contribution in [2.45, 2.75) is 116 Å². The number of anilines is 1. The normalized spacial score (nSPS) is 20.6. The van der Waals surface area contributed by atoms with E-state index in [1.54, 1.807) is 11.1 Å². The second-order valence-electron chi connectivity index (χ2n) is 10.8. The molecule has 0 spiro atoms. The van der Waals surface area contributed by atoms with E-state index in [0.717, 1.165) is 0 Å². The molecular weight excluding hydrogens is 412 g/mol. The van der Waals surface area contributed by atoms with Crippen LogP contribution in [-0.2, 0) is 5.41 Å². The minimum atomic E-state index is 0.0938. The first-order valence-electron chi connectivity index (χ1n) is 14.0. The molecule has 2 aromatic rings. The molecule has 4 rings (SSSR count). The molecule has 34 heavy (non-hydrogen) atoms. The zero-order valence-corrected chi connectivity index (χ0v) is 22.3. The molecule has 1 heterocycles. The predicted octanol–water partition coefficient (Wildman–Crippen LogP) is 9.24. The summed E-state index contributed by atoms with van der Waals surface area (Å²) in [5.74, 6) is 0.615. The maximum atomic E-state index is 3.50. The number of nitrogens with one attached hydrogen (secondary N) is 1. The Labute approximate surface area is 208 Å². The molecule has 0 bridgehead atoms. The number of nitrogens with zero attached hydrogens (tertiary/aromatic N) is 1. The molecule has 184 valence electrons. The summed E-state index contributed by atoms with van der Waals surface area (Å²) in [6.45, 7) is 11.8. The summed E-state index contributed by atoms with van der Waals surface area (Å²) in [6, 6.07) is 14.4. The van der Waals surface area contributed by atoms with Crippen LogP contribution in [0.1, 0.15) is 121 Å². The molecular formula is C32H46N2. The van der Waals surface area contributed by atoms with E-state index in [1.165, 1.54) is 86.6 Å². The van der Waals surface area contributed by atoms with Gasteiger partial charge in [-0.1, -0.05) is 96.9 Å². The molecule has 0 fully saturated rings. The van der Waals surface area contributed by atoms with E-state index in [1.807, 2.05) is 0 Å². The third kappa shape index (κ3) is 4.66. The lowest BCUT2D eigenvalue weighted by Crippen LogP contribution is -2.33. The Kier molecular flexibility index (Phi) is 8.06. The predicted molar refractivity (Wildman–Crippen MR) is 148 cm³/mol. The van der Waals surface area contributed by atoms with Crippen molar-refractivity contribution in [3.05, 3.63) is 65.5 Å². The fourth-order valence-electron chi connectivity index (χ4n) is 6.44. The maximum absolute atomic E-state index is 3.50. The summed E-state index contributed by atoms with van der Waals surface area (Å²) in [5, 5.41) is 3.50. The van der Waals surface area contributed by atoms with Crippen molar-refractivity contribution in [2.24, 2.45) is 0 Å². The Balaban J connectivity index is 1.82. The summed E-state index contributed by atoms with van der Waals surface area (Å²) in [6.07, 6.45) is 17.5. The first-order valence-corrected chi connectivity index (χ1v) is 14.0. The van der Waals surface area contributed by atoms with E-state index in [0.29, 0.717) is 12.1 Å². The van der Waals surface area contributed by atoms with Gasteiger partial charge in [0.1, 0.15) is 0 Å². The molecule has 1 N–H and O–H groups in total. The third-order valence-corrected chi connectivity index (χ3v) is 8.34. The molecule has 2 aromatic carbocycles. The number of hydrogen-bond donors (Lipinski definition) is 1. The van der Waals surface area contributed by atoms with Gasteiger partial charge >= 0.3 is 0 Å². The Morgan fingerprint density at radius 3 is 2.29 bits per heavy atom. The smallest absolute Gasteiger partial charge is 0.1000 e. The standard InChI is InChI=1S/C32H46N2/c1-6-9-10-11-14-19-32(5)29-18-13-12-17-26(29)28-22-27(25(15-7-2)16-8-3)31(23-30(28)32)34-21-20-33-24(34)4/h12-13,17-18,20-25,33H,6-11,14-16,19H2,1-5H3/t24-,32?/m1/s1. The second kappa shape index (κ2) is 11.0. The van der Waals surface area contributed by atoms with Crippen molar-refractivity contribution in [3.8, 4) is 11.1 Å². The molecule has 0 saturated carbocycles. The molecule has 0 saturated heterocycles. The van der Waals surface area contributed by atoms with Gasteiger partial charge in [-0.15, -0.1) is 0 Å². The van der Waals surface area contributed by atoms with Gasteiger partial charge in [-0.25, -0.2) is 0 Å². The van der Waals surface area contributed by atoms with Gasteiger partial charge in [0.2, 0.25) is 0 Å². The van der Waals surface area contributed by atoms with Crippen LogP contribution in [0.2, 0.25) is 0 Å². The fraction of sp³-hybridized carbons (Fsp3) is 0.562. The number of rotatable bonds is 12. The highest BCUT2D eigenvalue weighted by Crippen LogP contribution is 2.54. The van der Waals surface area contributed by atoms with Gasteiger partial charge in [0.25, 0.3) is 0 Å². The molecule has 2 nitrogen and oxygen atoms in total. The van der Waals surface area contributed by atoms with Gasteiger partial charge in [-0.05, 0) is 72.1 Å². The topological polar surface area (TPSA) is 15.3 Å². The van der Waals surface area contributed by atoms with Crippen molar-refractivity contribution < 1.29 is 0 Å². The van der Waals surface area contributed by atoms with Crippen LogP contribution in [0.15, 0.2) is 48.8 Å². The molecule has 0 radical (unpaired) electrons. The van der Waals surface area contributed by atoms with Crippen molar-refractivity contribution >= 4 is 5.69 Å². The third-order valence-electron chi connectivity index (χ3n) is 8.34. The summed E-state index contributed by atoms with van der Waals surface area (Å²) in [7, 11) is 0. The maximum Gasteiger partial charge on any atom is 0.1000 e. The zero-order chi connectivity index (χ0) is 24.1. The van der Waals surface area contributed by atoms with Crippen LogP contribution in [0.4, 0.5) is 5.69 Å². The zero-order valence-electron chi connectivity index (χ0n) is 22.3. The number of unbranched alkanes of at least 4 members (excludes halogenated alkanes) is 4. The van der Waals surface area contributed by atoms with E-state index in [9.17, 15) is 0 Å². The average molecular weight is 459 g/mol. The van der Waals surface area contributed by atoms with Gasteiger partial charge < -0.3 is 10.2 Å². The largest absolute Gasteiger partial charge is 0.370 e. The van der Waals surface area contributed by atoms with Crippen LogP contribution in [0.5, 0.6) is 0 Å². The van der Waals surface area contributed by atoms with E-state index in [2.05, 4.69) is 93.6 Å². The SMILES string of the molecule is CCCCCCCC1(C)c2ccccc2-c2cc(C(CCC)CCC)c(N3C=CN[C@H]3C)cc21. The van der Waals surface area contributed by atoms with Crippen LogP contribution in [0.3, 0.4) is 0 Å². The van der Waals surface area contributed by atoms with E-state index in [-0.39, 0.29) is 5.41 Å². The highest BCUT2D eigenvalue weighted by molar-refractivity contribution is 5.84. The molecule has 2 atom stereocenters. The van der Waals surface area contributed by atoms with E-state index in [4.69, 9.17) is 0 Å². The first kappa shape index (κ1) is 24.9. The van der Waals surface area contributed by atoms with Crippen molar-refractivity contribution in [2.75, 3.05) is 4.90 Å². The Morgan fingerprint density at radius 1 is 0.882 bits per heavy atom. The van der Waals surface area contributed by atoms with Gasteiger partial charge in [0, 0.05) is 23.5 Å². The van der Waals surface area contributed by atoms with Crippen LogP contribution >= 0.6 is 0 Å². The minimum absolute atomic E-state index is 0.0938. The summed E-state index contributed by atoms with van der Waals surface area (Å²) in [5.41, 5.74) is 9.10. The van der Waals surface area contributed by atoms with Crippen LogP contribution in [0, 0.1) is 0 Å². The lowest BCUT2D eigenvalue weighted by Gasteiger charge is -2.32. The molecule has 1 aliphatic heterocycles. The van der Waals surface area contributed by atoms with Crippen molar-refractivity contribution in [3.63, 3.8) is 0 Å². The number of hydrogen-bond acceptors (Lipinski definition) is 2. The quantitative estimate of drug-likeness (QED) is 0.319. The lowest BCUT2D eigenvalue weighted by atomic mass is 9.75. The van der Waals surface area contributed by atoms with Crippen LogP contribution < -0.4 is 10.2 Å². The summed E-state index contributed by atoms with van der Waals surface area (Å²) < 4.78 is 0. The number of benzene rings is 2. The van der Waals surface area contributed by atoms with E-state index < -0.39 is 0 Å². The molecule has 2 heteroatoms. The Morgan fingerprint density at radius 2 is 1.62 bits per heavy atom. The van der Waals surface area contributed by atoms with E-state index >= 15 is 0 Å². The molecule has 2 aliphatic rings. The van der Waals surface area contributed by atoms with Crippen molar-refractivity contribution in [1.29, 1.82) is 0 Å². The van der Waals surface area contributed by atoms with Gasteiger partial charge in [-0.3, -0.25) is 0 Å². The van der Waals surface area contributed by atoms with Gasteiger partial charge in [0.05, 0.1) is 6.17 Å². The van der Waals surface area contributed by atoms with Crippen LogP contribution in [-0.4, -0.2) is 6.17 Å². The molecule has 0 amide bonds. The summed E-state index contributed by atoms with van der Waals surface area (Å²) in [4.78, 5) is 2.47. The van der Waals surface area contributed by atoms with Crippen LogP contribution in [0.25, 0.3) is 11.1 Å². The molecule has 0 aromatic heterocycles. The lowest BCUT2D eigenvalue weighted by molar-refractivity contribution is 0.482. The summed E-state index contributed by atoms with van der Waals surface area (Å²) >= 11 is 0. The number of fused-ring (bicyclic) bond motifs is 3. The molecule has 1 unspecified atom stereocenters. The Bertz CT molecular complexity index is 985. The Hall–Kier alpha value is -2.22. The monoisotopic (exact) mass is 458 g/mol. The van der Waals surface area contributed by atoms with Gasteiger partial charge in [0.15, 0.2) is 0 Å². The van der Waals surface area contributed by atoms with Gasteiger partial charge in [-0.2, -0.15) is 0 Å². The van der Waals surface area contributed by atoms with Crippen molar-refractivity contribution in [1.82, 2.24) is 5.32 Å². The average Bonchev–Trinajstić information content (AvgIpc) is 3.37. The highest BCUT2D eigenvalue weighted by atomic mass is 15.3. The first-order chi connectivity index (χ1) is 16.5. The molecule has 1 aliphatic carbocycles.